The summed E-state index contributed by atoms with van der Waals surface area (Å²) in [6.07, 6.45) is 0.824. The fraction of sp³-hybridized carbons (Fsp3) is 0.154. The molecule has 0 saturated carbocycles. The second-order valence-electron chi connectivity index (χ2n) is 4.05. The van der Waals surface area contributed by atoms with Gasteiger partial charge < -0.3 is 16.8 Å². The smallest absolute Gasteiger partial charge is 0.250 e. The minimum Gasteiger partial charge on any atom is -0.399 e. The van der Waals surface area contributed by atoms with Crippen molar-refractivity contribution in [1.82, 2.24) is 0 Å². The Morgan fingerprint density at radius 2 is 2.11 bits per heavy atom. The monoisotopic (exact) mass is 295 g/mol. The summed E-state index contributed by atoms with van der Waals surface area (Å²) in [5.74, 6) is -0.471. The minimum absolute atomic E-state index is 0.443. The summed E-state index contributed by atoms with van der Waals surface area (Å²) in [6, 6.07) is 8.85. The predicted octanol–water partition coefficient (Wildman–Crippen LogP) is 2.74. The average Bonchev–Trinajstić information content (AvgIpc) is 2.75. The molecule has 0 aliphatic carbocycles. The van der Waals surface area contributed by atoms with E-state index in [1.165, 1.54) is 4.88 Å². The summed E-state index contributed by atoms with van der Waals surface area (Å²) in [4.78, 5) is 12.5. The number of nitrogens with two attached hydrogens (primary N) is 2. The molecule has 0 aliphatic heterocycles. The van der Waals surface area contributed by atoms with Crippen LogP contribution in [0.5, 0.6) is 0 Å². The number of hydrogen-bond donors (Lipinski definition) is 3. The number of nitrogens with one attached hydrogen (secondary N) is 1. The van der Waals surface area contributed by atoms with Crippen molar-refractivity contribution in [3.8, 4) is 0 Å². The molecule has 0 radical (unpaired) electrons. The fourth-order valence-electron chi connectivity index (χ4n) is 1.73. The van der Waals surface area contributed by atoms with Crippen LogP contribution in [0.4, 0.5) is 11.4 Å². The SMILES string of the molecule is NC(=O)c1ccc(N)cc1NCCc1ccc(Cl)s1. The molecule has 0 aliphatic rings. The van der Waals surface area contributed by atoms with Crippen molar-refractivity contribution in [2.75, 3.05) is 17.6 Å². The quantitative estimate of drug-likeness (QED) is 0.742. The molecule has 0 unspecified atom stereocenters. The number of primary amides is 1. The van der Waals surface area contributed by atoms with E-state index >= 15 is 0 Å². The zero-order chi connectivity index (χ0) is 13.8. The Labute approximate surface area is 120 Å². The highest BCUT2D eigenvalue weighted by atomic mass is 35.5. The molecular formula is C13H14ClN3OS. The van der Waals surface area contributed by atoms with Crippen LogP contribution in [0.2, 0.25) is 4.34 Å². The van der Waals surface area contributed by atoms with E-state index in [1.54, 1.807) is 29.5 Å². The molecule has 0 fully saturated rings. The minimum atomic E-state index is -0.471. The molecule has 1 amide bonds. The molecular weight excluding hydrogens is 282 g/mol. The van der Waals surface area contributed by atoms with E-state index in [1.807, 2.05) is 12.1 Å². The molecule has 1 aromatic carbocycles. The third-order valence-corrected chi connectivity index (χ3v) is 3.92. The first-order valence-corrected chi connectivity index (χ1v) is 6.93. The Kier molecular flexibility index (Phi) is 4.29. The first-order valence-electron chi connectivity index (χ1n) is 5.73. The molecule has 0 saturated heterocycles. The maximum Gasteiger partial charge on any atom is 0.250 e. The van der Waals surface area contributed by atoms with Gasteiger partial charge in [-0.3, -0.25) is 4.79 Å². The van der Waals surface area contributed by atoms with Crippen LogP contribution < -0.4 is 16.8 Å². The zero-order valence-corrected chi connectivity index (χ0v) is 11.7. The Bertz CT molecular complexity index is 597. The normalized spacial score (nSPS) is 10.4. The van der Waals surface area contributed by atoms with Crippen LogP contribution >= 0.6 is 22.9 Å². The Balaban J connectivity index is 2.02. The van der Waals surface area contributed by atoms with Gasteiger partial charge in [0.2, 0.25) is 0 Å². The van der Waals surface area contributed by atoms with Crippen molar-refractivity contribution in [2.24, 2.45) is 5.73 Å². The van der Waals surface area contributed by atoms with Crippen LogP contribution in [-0.2, 0) is 6.42 Å². The number of benzene rings is 1. The summed E-state index contributed by atoms with van der Waals surface area (Å²) < 4.78 is 0.775. The molecule has 0 atom stereocenters. The van der Waals surface area contributed by atoms with Gasteiger partial charge in [-0.15, -0.1) is 11.3 Å². The van der Waals surface area contributed by atoms with Gasteiger partial charge in [0.1, 0.15) is 0 Å². The molecule has 4 nitrogen and oxygen atoms in total. The lowest BCUT2D eigenvalue weighted by Crippen LogP contribution is -2.15. The van der Waals surface area contributed by atoms with Gasteiger partial charge in [0.25, 0.3) is 5.91 Å². The van der Waals surface area contributed by atoms with Crippen molar-refractivity contribution >= 4 is 40.2 Å². The van der Waals surface area contributed by atoms with Crippen LogP contribution in [0.25, 0.3) is 0 Å². The van der Waals surface area contributed by atoms with Crippen molar-refractivity contribution in [1.29, 1.82) is 0 Å². The van der Waals surface area contributed by atoms with Gasteiger partial charge in [-0.05, 0) is 36.8 Å². The molecule has 1 aromatic heterocycles. The molecule has 0 bridgehead atoms. The van der Waals surface area contributed by atoms with Crippen molar-refractivity contribution in [3.05, 3.63) is 45.1 Å². The molecule has 5 N–H and O–H groups in total. The maximum absolute atomic E-state index is 11.3. The molecule has 0 spiro atoms. The van der Waals surface area contributed by atoms with E-state index in [2.05, 4.69) is 5.32 Å². The number of thiophene rings is 1. The Hall–Kier alpha value is -1.72. The summed E-state index contributed by atoms with van der Waals surface area (Å²) in [5.41, 5.74) is 12.7. The number of carbonyl (C=O) groups excluding carboxylic acids is 1. The number of rotatable bonds is 5. The van der Waals surface area contributed by atoms with E-state index in [4.69, 9.17) is 23.1 Å². The van der Waals surface area contributed by atoms with Crippen LogP contribution in [-0.4, -0.2) is 12.5 Å². The third kappa shape index (κ3) is 3.62. The van der Waals surface area contributed by atoms with Gasteiger partial charge in [-0.2, -0.15) is 0 Å². The van der Waals surface area contributed by atoms with Gasteiger partial charge in [-0.25, -0.2) is 0 Å². The summed E-state index contributed by atoms with van der Waals surface area (Å²) in [7, 11) is 0. The second-order valence-corrected chi connectivity index (χ2v) is 5.85. The van der Waals surface area contributed by atoms with Crippen molar-refractivity contribution < 1.29 is 4.79 Å². The highest BCUT2D eigenvalue weighted by Crippen LogP contribution is 2.22. The summed E-state index contributed by atoms with van der Waals surface area (Å²) in [6.45, 7) is 0.681. The molecule has 1 heterocycles. The molecule has 19 heavy (non-hydrogen) atoms. The van der Waals surface area contributed by atoms with E-state index in [-0.39, 0.29) is 0 Å². The highest BCUT2D eigenvalue weighted by molar-refractivity contribution is 7.16. The van der Waals surface area contributed by atoms with Gasteiger partial charge in [0.15, 0.2) is 0 Å². The predicted molar refractivity (Wildman–Crippen MR) is 80.9 cm³/mol. The standard InChI is InChI=1S/C13H14ClN3OS/c14-12-4-2-9(19-12)5-6-17-11-7-8(15)1-3-10(11)13(16)18/h1-4,7,17H,5-6,15H2,(H2,16,18). The maximum atomic E-state index is 11.3. The first kappa shape index (κ1) is 13.7. The second kappa shape index (κ2) is 5.95. The van der Waals surface area contributed by atoms with Gasteiger partial charge in [-0.1, -0.05) is 11.6 Å². The molecule has 6 heteroatoms. The van der Waals surface area contributed by atoms with E-state index in [0.29, 0.717) is 23.5 Å². The fourth-order valence-corrected chi connectivity index (χ4v) is 2.82. The Morgan fingerprint density at radius 1 is 1.32 bits per heavy atom. The van der Waals surface area contributed by atoms with Crippen LogP contribution in [0, 0.1) is 0 Å². The number of hydrogen-bond acceptors (Lipinski definition) is 4. The molecule has 2 rings (SSSR count). The zero-order valence-electron chi connectivity index (χ0n) is 10.2. The van der Waals surface area contributed by atoms with Gasteiger partial charge in [0.05, 0.1) is 9.90 Å². The van der Waals surface area contributed by atoms with E-state index in [9.17, 15) is 4.79 Å². The highest BCUT2D eigenvalue weighted by Gasteiger charge is 2.08. The number of anilines is 2. The number of carbonyl (C=O) groups is 1. The molecule has 2 aromatic rings. The van der Waals surface area contributed by atoms with Gasteiger partial charge >= 0.3 is 0 Å². The largest absolute Gasteiger partial charge is 0.399 e. The third-order valence-electron chi connectivity index (χ3n) is 2.62. The lowest BCUT2D eigenvalue weighted by molar-refractivity contribution is 0.100. The lowest BCUT2D eigenvalue weighted by atomic mass is 10.1. The van der Waals surface area contributed by atoms with Crippen molar-refractivity contribution in [2.45, 2.75) is 6.42 Å². The van der Waals surface area contributed by atoms with E-state index in [0.717, 1.165) is 10.8 Å². The summed E-state index contributed by atoms with van der Waals surface area (Å²) >= 11 is 7.41. The van der Waals surface area contributed by atoms with E-state index < -0.39 is 5.91 Å². The first-order chi connectivity index (χ1) is 9.06. The average molecular weight is 296 g/mol. The Morgan fingerprint density at radius 3 is 2.74 bits per heavy atom. The number of halogens is 1. The van der Waals surface area contributed by atoms with Gasteiger partial charge in [0, 0.05) is 22.8 Å². The van der Waals surface area contributed by atoms with Crippen LogP contribution in [0.15, 0.2) is 30.3 Å². The summed E-state index contributed by atoms with van der Waals surface area (Å²) in [5, 5.41) is 3.18. The van der Waals surface area contributed by atoms with Crippen LogP contribution in [0.1, 0.15) is 15.2 Å². The van der Waals surface area contributed by atoms with Crippen LogP contribution in [0.3, 0.4) is 0 Å². The molecule has 100 valence electrons. The topological polar surface area (TPSA) is 81.1 Å². The lowest BCUT2D eigenvalue weighted by Gasteiger charge is -2.10. The number of amides is 1. The van der Waals surface area contributed by atoms with Crippen molar-refractivity contribution in [3.63, 3.8) is 0 Å². The number of nitrogen functional groups attached to an aromatic ring is 1.